The van der Waals surface area contributed by atoms with E-state index in [-0.39, 0.29) is 35.7 Å². The lowest BCUT2D eigenvalue weighted by Gasteiger charge is -2.19. The molecule has 0 fully saturated rings. The number of anilines is 1. The van der Waals surface area contributed by atoms with Crippen LogP contribution in [0.15, 0.2) is 53.9 Å². The van der Waals surface area contributed by atoms with E-state index in [1.807, 2.05) is 31.2 Å². The molecule has 0 radical (unpaired) electrons. The highest BCUT2D eigenvalue weighted by molar-refractivity contribution is 7.14. The molecular formula is C25H25N3O5S. The molecule has 3 aromatic rings. The number of nitrogens with zero attached hydrogens (tertiary/aromatic N) is 2. The van der Waals surface area contributed by atoms with Gasteiger partial charge in [-0.15, -0.1) is 11.3 Å². The van der Waals surface area contributed by atoms with E-state index in [2.05, 4.69) is 34.6 Å². The highest BCUT2D eigenvalue weighted by Crippen LogP contribution is 2.44. The van der Waals surface area contributed by atoms with Crippen molar-refractivity contribution in [3.63, 3.8) is 0 Å². The number of carboxylic acids is 1. The standard InChI is InChI=1S/C25H25N3O5S/c1-2-28(13-7-12-22(29)30)23(31)21-15-34-24(26-21)27-25(32)33-14-20-18-10-5-3-8-16(18)17-9-4-6-11-19(17)20/h3-6,8-11,15,20H,2,7,12-14H2,1H3,(H,29,30)(H,26,27,32). The first-order valence-electron chi connectivity index (χ1n) is 11.1. The number of ether oxygens (including phenoxy) is 1. The molecule has 176 valence electrons. The van der Waals surface area contributed by atoms with E-state index in [0.717, 1.165) is 33.6 Å². The SMILES string of the molecule is CCN(CCCC(=O)O)C(=O)c1csc(NC(=O)OCC2c3ccccc3-c3ccccc32)n1. The third kappa shape index (κ3) is 5.09. The number of fused-ring (bicyclic) bond motifs is 3. The number of hydrogen-bond donors (Lipinski definition) is 2. The Kier molecular flexibility index (Phi) is 7.22. The van der Waals surface area contributed by atoms with Crippen LogP contribution in [-0.4, -0.2) is 52.7 Å². The normalized spacial score (nSPS) is 12.0. The average molecular weight is 480 g/mol. The Morgan fingerprint density at radius 3 is 2.35 bits per heavy atom. The number of carbonyl (C=O) groups is 3. The molecule has 2 aromatic carbocycles. The van der Waals surface area contributed by atoms with Gasteiger partial charge in [0.15, 0.2) is 5.13 Å². The summed E-state index contributed by atoms with van der Waals surface area (Å²) in [6.45, 7) is 2.77. The largest absolute Gasteiger partial charge is 0.481 e. The van der Waals surface area contributed by atoms with Gasteiger partial charge in [0.1, 0.15) is 12.3 Å². The predicted molar refractivity (Wildman–Crippen MR) is 129 cm³/mol. The van der Waals surface area contributed by atoms with Crippen LogP contribution in [0.25, 0.3) is 11.1 Å². The van der Waals surface area contributed by atoms with Gasteiger partial charge in [-0.05, 0) is 35.6 Å². The van der Waals surface area contributed by atoms with E-state index in [1.54, 1.807) is 5.38 Å². The summed E-state index contributed by atoms with van der Waals surface area (Å²) in [6.07, 6.45) is -0.275. The molecule has 0 atom stereocenters. The summed E-state index contributed by atoms with van der Waals surface area (Å²) < 4.78 is 5.52. The fourth-order valence-electron chi connectivity index (χ4n) is 4.14. The molecule has 9 heteroatoms. The second-order valence-corrected chi connectivity index (χ2v) is 8.73. The van der Waals surface area contributed by atoms with Gasteiger partial charge in [0, 0.05) is 30.8 Å². The number of nitrogens with one attached hydrogen (secondary N) is 1. The highest BCUT2D eigenvalue weighted by Gasteiger charge is 2.29. The van der Waals surface area contributed by atoms with Crippen LogP contribution >= 0.6 is 11.3 Å². The zero-order valence-corrected chi connectivity index (χ0v) is 19.5. The number of hydrogen-bond acceptors (Lipinski definition) is 6. The first-order chi connectivity index (χ1) is 16.5. The number of aliphatic carboxylic acids is 1. The zero-order chi connectivity index (χ0) is 24.1. The van der Waals surface area contributed by atoms with E-state index < -0.39 is 12.1 Å². The molecule has 0 bridgehead atoms. The van der Waals surface area contributed by atoms with Crippen molar-refractivity contribution in [2.45, 2.75) is 25.7 Å². The van der Waals surface area contributed by atoms with Gasteiger partial charge >= 0.3 is 12.1 Å². The molecule has 0 saturated heterocycles. The van der Waals surface area contributed by atoms with E-state index in [1.165, 1.54) is 4.90 Å². The van der Waals surface area contributed by atoms with Gasteiger partial charge in [-0.25, -0.2) is 9.78 Å². The number of carbonyl (C=O) groups excluding carboxylic acids is 2. The topological polar surface area (TPSA) is 109 Å². The second-order valence-electron chi connectivity index (χ2n) is 7.87. The molecule has 0 spiro atoms. The predicted octanol–water partition coefficient (Wildman–Crippen LogP) is 4.83. The van der Waals surface area contributed by atoms with Crippen LogP contribution in [0.1, 0.15) is 47.3 Å². The monoisotopic (exact) mass is 479 g/mol. The number of benzene rings is 2. The summed E-state index contributed by atoms with van der Waals surface area (Å²) in [5, 5.41) is 13.2. The van der Waals surface area contributed by atoms with Crippen molar-refractivity contribution in [3.8, 4) is 11.1 Å². The molecule has 0 unspecified atom stereocenters. The number of amides is 2. The first-order valence-corrected chi connectivity index (χ1v) is 11.9. The average Bonchev–Trinajstić information content (AvgIpc) is 3.42. The molecule has 1 aromatic heterocycles. The van der Waals surface area contributed by atoms with Crippen LogP contribution in [-0.2, 0) is 9.53 Å². The molecule has 0 saturated carbocycles. The lowest BCUT2D eigenvalue weighted by atomic mass is 9.98. The van der Waals surface area contributed by atoms with Crippen LogP contribution in [0.2, 0.25) is 0 Å². The van der Waals surface area contributed by atoms with E-state index in [4.69, 9.17) is 9.84 Å². The maximum atomic E-state index is 12.7. The summed E-state index contributed by atoms with van der Waals surface area (Å²) in [4.78, 5) is 41.6. The van der Waals surface area contributed by atoms with Crippen molar-refractivity contribution in [1.82, 2.24) is 9.88 Å². The molecule has 2 N–H and O–H groups in total. The van der Waals surface area contributed by atoms with Gasteiger partial charge in [-0.3, -0.25) is 14.9 Å². The third-order valence-corrected chi connectivity index (χ3v) is 6.52. The minimum Gasteiger partial charge on any atom is -0.481 e. The Morgan fingerprint density at radius 2 is 1.74 bits per heavy atom. The Labute approximate surface area is 201 Å². The summed E-state index contributed by atoms with van der Waals surface area (Å²) in [5.74, 6) is -1.24. The smallest absolute Gasteiger partial charge is 0.413 e. The summed E-state index contributed by atoms with van der Waals surface area (Å²) in [5.41, 5.74) is 4.76. The maximum absolute atomic E-state index is 12.7. The Hall–Kier alpha value is -3.72. The number of aromatic nitrogens is 1. The Bertz CT molecular complexity index is 1160. The van der Waals surface area contributed by atoms with Crippen molar-refractivity contribution in [3.05, 3.63) is 70.7 Å². The molecule has 2 amide bonds. The lowest BCUT2D eigenvalue weighted by molar-refractivity contribution is -0.137. The zero-order valence-electron chi connectivity index (χ0n) is 18.7. The fraction of sp³-hybridized carbons (Fsp3) is 0.280. The van der Waals surface area contributed by atoms with Gasteiger partial charge in [-0.1, -0.05) is 48.5 Å². The maximum Gasteiger partial charge on any atom is 0.413 e. The van der Waals surface area contributed by atoms with Crippen molar-refractivity contribution in [2.24, 2.45) is 0 Å². The molecule has 8 nitrogen and oxygen atoms in total. The molecule has 0 aliphatic heterocycles. The van der Waals surface area contributed by atoms with Crippen LogP contribution in [0.4, 0.5) is 9.93 Å². The van der Waals surface area contributed by atoms with Gasteiger partial charge in [-0.2, -0.15) is 0 Å². The van der Waals surface area contributed by atoms with Gasteiger partial charge in [0.05, 0.1) is 0 Å². The van der Waals surface area contributed by atoms with Crippen LogP contribution < -0.4 is 5.32 Å². The molecule has 1 aliphatic carbocycles. The second kappa shape index (κ2) is 10.5. The fourth-order valence-corrected chi connectivity index (χ4v) is 4.81. The molecule has 1 heterocycles. The number of rotatable bonds is 9. The first kappa shape index (κ1) is 23.4. The molecular weight excluding hydrogens is 454 g/mol. The minimum absolute atomic E-state index is 0.00453. The number of carboxylic acid groups (broad SMARTS) is 1. The van der Waals surface area contributed by atoms with E-state index in [9.17, 15) is 14.4 Å². The van der Waals surface area contributed by atoms with Crippen LogP contribution in [0.3, 0.4) is 0 Å². The minimum atomic E-state index is -0.897. The quantitative estimate of drug-likeness (QED) is 0.455. The Balaban J connectivity index is 1.35. The van der Waals surface area contributed by atoms with E-state index in [0.29, 0.717) is 19.5 Å². The molecule has 4 rings (SSSR count). The number of thiazole rings is 1. The molecule has 34 heavy (non-hydrogen) atoms. The summed E-state index contributed by atoms with van der Waals surface area (Å²) >= 11 is 1.13. The van der Waals surface area contributed by atoms with Crippen molar-refractivity contribution in [2.75, 3.05) is 25.0 Å². The van der Waals surface area contributed by atoms with Gasteiger partial charge < -0.3 is 14.7 Å². The highest BCUT2D eigenvalue weighted by atomic mass is 32.1. The van der Waals surface area contributed by atoms with Crippen molar-refractivity contribution in [1.29, 1.82) is 0 Å². The van der Waals surface area contributed by atoms with Crippen LogP contribution in [0.5, 0.6) is 0 Å². The Morgan fingerprint density at radius 1 is 1.09 bits per heavy atom. The van der Waals surface area contributed by atoms with Gasteiger partial charge in [0.2, 0.25) is 0 Å². The van der Waals surface area contributed by atoms with E-state index >= 15 is 0 Å². The summed E-state index contributed by atoms with van der Waals surface area (Å²) in [7, 11) is 0. The van der Waals surface area contributed by atoms with Gasteiger partial charge in [0.25, 0.3) is 5.91 Å². The van der Waals surface area contributed by atoms with Crippen molar-refractivity contribution < 1.29 is 24.2 Å². The van der Waals surface area contributed by atoms with Crippen LogP contribution in [0, 0.1) is 0 Å². The molecule has 1 aliphatic rings. The lowest BCUT2D eigenvalue weighted by Crippen LogP contribution is -2.32. The third-order valence-electron chi connectivity index (χ3n) is 5.76. The van der Waals surface area contributed by atoms with Crippen molar-refractivity contribution >= 4 is 34.4 Å². The summed E-state index contributed by atoms with van der Waals surface area (Å²) in [6, 6.07) is 16.2.